The highest BCUT2D eigenvalue weighted by molar-refractivity contribution is 14.1. The Bertz CT molecular complexity index is 313. The molecule has 2 nitrogen and oxygen atoms in total. The standard InChI is InChI=1S/C7H5F3INO/c1-13-6-5(7(8,9)10)4(11)2-3-12-6/h2-3H,1H3. The molecule has 0 aromatic carbocycles. The van der Waals surface area contributed by atoms with Gasteiger partial charge in [-0.05, 0) is 28.7 Å². The number of alkyl halides is 3. The lowest BCUT2D eigenvalue weighted by molar-refractivity contribution is -0.139. The van der Waals surface area contributed by atoms with Crippen LogP contribution in [0.5, 0.6) is 5.88 Å². The second-order valence-electron chi connectivity index (χ2n) is 2.17. The summed E-state index contributed by atoms with van der Waals surface area (Å²) in [6.07, 6.45) is -3.15. The Kier molecular flexibility index (Phi) is 2.99. The molecule has 0 aliphatic heterocycles. The average Bonchev–Trinajstić information content (AvgIpc) is 2.01. The van der Waals surface area contributed by atoms with Gasteiger partial charge in [0.05, 0.1) is 7.11 Å². The molecule has 0 N–H and O–H groups in total. The highest BCUT2D eigenvalue weighted by Crippen LogP contribution is 2.37. The van der Waals surface area contributed by atoms with Crippen LogP contribution in [0.1, 0.15) is 5.56 Å². The number of nitrogens with zero attached hydrogens (tertiary/aromatic N) is 1. The zero-order valence-electron chi connectivity index (χ0n) is 6.52. The Morgan fingerprint density at radius 2 is 2.08 bits per heavy atom. The Morgan fingerprint density at radius 3 is 2.46 bits per heavy atom. The van der Waals surface area contributed by atoms with Crippen LogP contribution in [0.4, 0.5) is 13.2 Å². The van der Waals surface area contributed by atoms with Gasteiger partial charge in [0.2, 0.25) is 5.88 Å². The third kappa shape index (κ3) is 2.23. The number of hydrogen-bond acceptors (Lipinski definition) is 2. The molecule has 0 aliphatic rings. The number of methoxy groups -OCH3 is 1. The molecular weight excluding hydrogens is 298 g/mol. The summed E-state index contributed by atoms with van der Waals surface area (Å²) in [5.74, 6) is -0.389. The van der Waals surface area contributed by atoms with Crippen LogP contribution in [0.15, 0.2) is 12.3 Å². The molecule has 13 heavy (non-hydrogen) atoms. The monoisotopic (exact) mass is 303 g/mol. The van der Waals surface area contributed by atoms with Crippen molar-refractivity contribution in [3.05, 3.63) is 21.4 Å². The Labute approximate surface area is 86.3 Å². The highest BCUT2D eigenvalue weighted by Gasteiger charge is 2.37. The van der Waals surface area contributed by atoms with E-state index >= 15 is 0 Å². The summed E-state index contributed by atoms with van der Waals surface area (Å²) < 4.78 is 41.7. The van der Waals surface area contributed by atoms with E-state index in [-0.39, 0.29) is 9.45 Å². The molecule has 0 atom stereocenters. The lowest BCUT2D eigenvalue weighted by atomic mass is 10.2. The number of halogens is 4. The maximum Gasteiger partial charge on any atom is 0.422 e. The zero-order chi connectivity index (χ0) is 10.1. The topological polar surface area (TPSA) is 22.1 Å². The molecule has 0 saturated carbocycles. The lowest BCUT2D eigenvalue weighted by Gasteiger charge is -2.11. The first-order chi connectivity index (χ1) is 5.96. The van der Waals surface area contributed by atoms with Gasteiger partial charge in [0.1, 0.15) is 5.56 Å². The molecule has 6 heteroatoms. The van der Waals surface area contributed by atoms with Crippen molar-refractivity contribution < 1.29 is 17.9 Å². The van der Waals surface area contributed by atoms with Crippen LogP contribution in [0.25, 0.3) is 0 Å². The third-order valence-electron chi connectivity index (χ3n) is 1.34. The van der Waals surface area contributed by atoms with E-state index in [4.69, 9.17) is 0 Å². The van der Waals surface area contributed by atoms with Crippen LogP contribution in [0.3, 0.4) is 0 Å². The first-order valence-electron chi connectivity index (χ1n) is 3.22. The summed E-state index contributed by atoms with van der Waals surface area (Å²) in [4.78, 5) is 3.48. The van der Waals surface area contributed by atoms with Gasteiger partial charge < -0.3 is 4.74 Å². The summed E-state index contributed by atoms with van der Waals surface area (Å²) in [5, 5.41) is 0. The van der Waals surface area contributed by atoms with Crippen LogP contribution >= 0.6 is 22.6 Å². The van der Waals surface area contributed by atoms with Crippen LogP contribution < -0.4 is 4.74 Å². The van der Waals surface area contributed by atoms with E-state index in [0.29, 0.717) is 0 Å². The van der Waals surface area contributed by atoms with Crippen LogP contribution in [0.2, 0.25) is 0 Å². The van der Waals surface area contributed by atoms with Gasteiger partial charge in [-0.15, -0.1) is 0 Å². The van der Waals surface area contributed by atoms with Crippen molar-refractivity contribution in [2.45, 2.75) is 6.18 Å². The SMILES string of the molecule is COc1nccc(I)c1C(F)(F)F. The quantitative estimate of drug-likeness (QED) is 0.744. The van der Waals surface area contributed by atoms with E-state index in [2.05, 4.69) is 9.72 Å². The summed E-state index contributed by atoms with van der Waals surface area (Å²) in [7, 11) is 1.16. The molecule has 72 valence electrons. The maximum atomic E-state index is 12.4. The molecule has 0 unspecified atom stereocenters. The first-order valence-corrected chi connectivity index (χ1v) is 4.30. The van der Waals surface area contributed by atoms with Crippen molar-refractivity contribution in [3.8, 4) is 5.88 Å². The van der Waals surface area contributed by atoms with E-state index in [1.165, 1.54) is 12.3 Å². The fourth-order valence-electron chi connectivity index (χ4n) is 0.832. The molecular formula is C7H5F3INO. The molecule has 0 bridgehead atoms. The Hall–Kier alpha value is -0.530. The van der Waals surface area contributed by atoms with E-state index in [1.54, 1.807) is 22.6 Å². The second kappa shape index (κ2) is 3.69. The van der Waals surface area contributed by atoms with Crippen LogP contribution in [0, 0.1) is 3.57 Å². The first kappa shape index (κ1) is 10.6. The average molecular weight is 303 g/mol. The largest absolute Gasteiger partial charge is 0.481 e. The molecule has 0 amide bonds. The number of ether oxygens (including phenoxy) is 1. The van der Waals surface area contributed by atoms with Gasteiger partial charge in [-0.1, -0.05) is 0 Å². The molecule has 1 aromatic heterocycles. The van der Waals surface area contributed by atoms with Gasteiger partial charge in [-0.3, -0.25) is 0 Å². The van der Waals surface area contributed by atoms with Gasteiger partial charge >= 0.3 is 6.18 Å². The molecule has 0 fully saturated rings. The summed E-state index contributed by atoms with van der Waals surface area (Å²) in [6.45, 7) is 0. The van der Waals surface area contributed by atoms with E-state index < -0.39 is 11.7 Å². The third-order valence-corrected chi connectivity index (χ3v) is 2.24. The predicted molar refractivity (Wildman–Crippen MR) is 48.5 cm³/mol. The maximum absolute atomic E-state index is 12.4. The van der Waals surface area contributed by atoms with Crippen molar-refractivity contribution in [3.63, 3.8) is 0 Å². The van der Waals surface area contributed by atoms with Crippen LogP contribution in [-0.2, 0) is 6.18 Å². The number of pyridine rings is 1. The minimum Gasteiger partial charge on any atom is -0.481 e. The molecule has 0 radical (unpaired) electrons. The predicted octanol–water partition coefficient (Wildman–Crippen LogP) is 2.71. The molecule has 0 aliphatic carbocycles. The molecule has 0 saturated heterocycles. The summed E-state index contributed by atoms with van der Waals surface area (Å²) in [5.41, 5.74) is -0.821. The normalized spacial score (nSPS) is 11.5. The summed E-state index contributed by atoms with van der Waals surface area (Å²) >= 11 is 1.59. The molecule has 1 rings (SSSR count). The fourth-order valence-corrected chi connectivity index (χ4v) is 1.53. The zero-order valence-corrected chi connectivity index (χ0v) is 8.68. The van der Waals surface area contributed by atoms with E-state index in [1.807, 2.05) is 0 Å². The summed E-state index contributed by atoms with van der Waals surface area (Å²) in [6, 6.07) is 1.28. The van der Waals surface area contributed by atoms with Crippen molar-refractivity contribution in [2.24, 2.45) is 0 Å². The molecule has 1 aromatic rings. The second-order valence-corrected chi connectivity index (χ2v) is 3.34. The molecule has 0 spiro atoms. The number of hydrogen-bond donors (Lipinski definition) is 0. The van der Waals surface area contributed by atoms with Gasteiger partial charge in [-0.25, -0.2) is 4.98 Å². The van der Waals surface area contributed by atoms with Gasteiger partial charge in [0, 0.05) is 9.77 Å². The fraction of sp³-hybridized carbons (Fsp3) is 0.286. The van der Waals surface area contributed by atoms with E-state index in [0.717, 1.165) is 7.11 Å². The minimum absolute atomic E-state index is 0.0805. The minimum atomic E-state index is -4.42. The van der Waals surface area contributed by atoms with Crippen molar-refractivity contribution >= 4 is 22.6 Å². The van der Waals surface area contributed by atoms with Gasteiger partial charge in [0.15, 0.2) is 0 Å². The number of aromatic nitrogens is 1. The number of rotatable bonds is 1. The lowest BCUT2D eigenvalue weighted by Crippen LogP contribution is -2.10. The van der Waals surface area contributed by atoms with Crippen molar-refractivity contribution in [2.75, 3.05) is 7.11 Å². The molecule has 1 heterocycles. The van der Waals surface area contributed by atoms with E-state index in [9.17, 15) is 13.2 Å². The Morgan fingerprint density at radius 1 is 1.46 bits per heavy atom. The van der Waals surface area contributed by atoms with Gasteiger partial charge in [0.25, 0.3) is 0 Å². The highest BCUT2D eigenvalue weighted by atomic mass is 127. The van der Waals surface area contributed by atoms with Crippen molar-refractivity contribution in [1.29, 1.82) is 0 Å². The Balaban J connectivity index is 3.32. The van der Waals surface area contributed by atoms with Gasteiger partial charge in [-0.2, -0.15) is 13.2 Å². The smallest absolute Gasteiger partial charge is 0.422 e. The van der Waals surface area contributed by atoms with Crippen molar-refractivity contribution in [1.82, 2.24) is 4.98 Å². The van der Waals surface area contributed by atoms with Crippen LogP contribution in [-0.4, -0.2) is 12.1 Å².